The molecule has 0 aromatic heterocycles. The lowest BCUT2D eigenvalue weighted by atomic mass is 10.1. The first-order chi connectivity index (χ1) is 6.63. The van der Waals surface area contributed by atoms with Gasteiger partial charge in [0, 0.05) is 0 Å². The summed E-state index contributed by atoms with van der Waals surface area (Å²) < 4.78 is 0.106. The van der Waals surface area contributed by atoms with Crippen LogP contribution in [0.25, 0.3) is 6.08 Å². The molecule has 0 spiro atoms. The van der Waals surface area contributed by atoms with E-state index >= 15 is 0 Å². The van der Waals surface area contributed by atoms with Crippen molar-refractivity contribution in [2.24, 2.45) is 0 Å². The van der Waals surface area contributed by atoms with E-state index in [0.29, 0.717) is 0 Å². The fraction of sp³-hybridized carbons (Fsp3) is 0.100. The van der Waals surface area contributed by atoms with Crippen molar-refractivity contribution in [3.63, 3.8) is 0 Å². The average Bonchev–Trinajstić information content (AvgIpc) is 2.19. The highest BCUT2D eigenvalue weighted by molar-refractivity contribution is 9.12. The number of aliphatic hydroxyl groups is 1. The van der Waals surface area contributed by atoms with Crippen molar-refractivity contribution in [2.45, 2.75) is 6.61 Å². The predicted molar refractivity (Wildman–Crippen MR) is 56.9 cm³/mol. The van der Waals surface area contributed by atoms with E-state index in [0.717, 1.165) is 11.1 Å². The summed E-state index contributed by atoms with van der Waals surface area (Å²) in [6.45, 7) is -0.00983. The zero-order valence-corrected chi connectivity index (χ0v) is 8.86. The van der Waals surface area contributed by atoms with Crippen LogP contribution in [0.4, 0.5) is 0 Å². The van der Waals surface area contributed by atoms with Gasteiger partial charge in [0.1, 0.15) is 4.48 Å². The Morgan fingerprint density at radius 1 is 1.36 bits per heavy atom. The number of carboxylic acids is 1. The first-order valence-electron chi connectivity index (χ1n) is 3.94. The van der Waals surface area contributed by atoms with Gasteiger partial charge < -0.3 is 10.2 Å². The molecule has 0 aliphatic carbocycles. The third-order valence-corrected chi connectivity index (χ3v) is 2.23. The summed E-state index contributed by atoms with van der Waals surface area (Å²) in [5.41, 5.74) is 1.57. The fourth-order valence-corrected chi connectivity index (χ4v) is 1.19. The van der Waals surface area contributed by atoms with Crippen LogP contribution in [-0.2, 0) is 11.4 Å². The van der Waals surface area contributed by atoms with Crippen LogP contribution in [0.15, 0.2) is 28.7 Å². The molecule has 1 aromatic rings. The Balaban J connectivity index is 2.88. The smallest absolute Gasteiger partial charge is 0.342 e. The van der Waals surface area contributed by atoms with Gasteiger partial charge in [-0.2, -0.15) is 0 Å². The number of aliphatic hydroxyl groups excluding tert-OH is 1. The fourth-order valence-electron chi connectivity index (χ4n) is 0.927. The summed E-state index contributed by atoms with van der Waals surface area (Å²) >= 11 is 2.93. The Morgan fingerprint density at radius 2 is 1.93 bits per heavy atom. The summed E-state index contributed by atoms with van der Waals surface area (Å²) in [6.07, 6.45) is 1.50. The zero-order valence-electron chi connectivity index (χ0n) is 7.27. The summed E-state index contributed by atoms with van der Waals surface area (Å²) in [4.78, 5) is 10.5. The molecule has 0 saturated carbocycles. The second-order valence-corrected chi connectivity index (χ2v) is 3.55. The Bertz CT molecular complexity index is 354. The normalized spacial score (nSPS) is 11.4. The van der Waals surface area contributed by atoms with E-state index < -0.39 is 5.97 Å². The molecular weight excluding hydrogens is 248 g/mol. The number of carboxylic acid groups (broad SMARTS) is 1. The van der Waals surface area contributed by atoms with Crippen LogP contribution in [-0.4, -0.2) is 16.2 Å². The van der Waals surface area contributed by atoms with E-state index in [1.54, 1.807) is 24.3 Å². The van der Waals surface area contributed by atoms with Crippen molar-refractivity contribution < 1.29 is 15.0 Å². The van der Waals surface area contributed by atoms with Crippen LogP contribution >= 0.6 is 15.9 Å². The highest BCUT2D eigenvalue weighted by Gasteiger charge is 2.01. The van der Waals surface area contributed by atoms with Crippen LogP contribution in [0.2, 0.25) is 0 Å². The van der Waals surface area contributed by atoms with Crippen molar-refractivity contribution in [1.29, 1.82) is 0 Å². The molecule has 0 fully saturated rings. The molecule has 0 radical (unpaired) electrons. The van der Waals surface area contributed by atoms with Gasteiger partial charge in [-0.05, 0) is 33.1 Å². The van der Waals surface area contributed by atoms with Crippen molar-refractivity contribution in [2.75, 3.05) is 0 Å². The standard InChI is InChI=1S/C10H9BrO3/c11-9(10(13)14)5-7-1-3-8(6-12)4-2-7/h1-5,12H,6H2,(H,13,14). The molecule has 0 saturated heterocycles. The second kappa shape index (κ2) is 4.93. The average molecular weight is 257 g/mol. The van der Waals surface area contributed by atoms with Gasteiger partial charge in [-0.3, -0.25) is 0 Å². The SMILES string of the molecule is O=C(O)C(Br)=Cc1ccc(CO)cc1. The van der Waals surface area contributed by atoms with Gasteiger partial charge in [0.15, 0.2) is 0 Å². The van der Waals surface area contributed by atoms with Gasteiger partial charge in [-0.15, -0.1) is 0 Å². The predicted octanol–water partition coefficient (Wildman–Crippen LogP) is 2.00. The lowest BCUT2D eigenvalue weighted by Gasteiger charge is -1.97. The van der Waals surface area contributed by atoms with Crippen LogP contribution in [0.5, 0.6) is 0 Å². The van der Waals surface area contributed by atoms with Crippen molar-refractivity contribution in [3.8, 4) is 0 Å². The summed E-state index contributed by atoms with van der Waals surface area (Å²) in [7, 11) is 0. The van der Waals surface area contributed by atoms with Gasteiger partial charge in [0.2, 0.25) is 0 Å². The molecule has 0 aliphatic heterocycles. The molecule has 0 heterocycles. The molecule has 2 N–H and O–H groups in total. The largest absolute Gasteiger partial charge is 0.477 e. The van der Waals surface area contributed by atoms with E-state index in [2.05, 4.69) is 15.9 Å². The van der Waals surface area contributed by atoms with E-state index in [-0.39, 0.29) is 11.1 Å². The van der Waals surface area contributed by atoms with Crippen LogP contribution in [0.1, 0.15) is 11.1 Å². The molecular formula is C10H9BrO3. The van der Waals surface area contributed by atoms with Crippen molar-refractivity contribution >= 4 is 28.0 Å². The maximum Gasteiger partial charge on any atom is 0.342 e. The first kappa shape index (κ1) is 10.9. The third kappa shape index (κ3) is 2.97. The minimum atomic E-state index is -1.00. The molecule has 14 heavy (non-hydrogen) atoms. The van der Waals surface area contributed by atoms with Crippen molar-refractivity contribution in [3.05, 3.63) is 39.9 Å². The Morgan fingerprint density at radius 3 is 2.36 bits per heavy atom. The maximum absolute atomic E-state index is 10.5. The van der Waals surface area contributed by atoms with E-state index in [1.165, 1.54) is 6.08 Å². The molecule has 74 valence electrons. The molecule has 0 bridgehead atoms. The summed E-state index contributed by atoms with van der Waals surface area (Å²) in [6, 6.07) is 6.98. The zero-order chi connectivity index (χ0) is 10.6. The highest BCUT2D eigenvalue weighted by atomic mass is 79.9. The van der Waals surface area contributed by atoms with Crippen molar-refractivity contribution in [1.82, 2.24) is 0 Å². The van der Waals surface area contributed by atoms with E-state index in [1.807, 2.05) is 0 Å². The van der Waals surface area contributed by atoms with Crippen LogP contribution in [0.3, 0.4) is 0 Å². The van der Waals surface area contributed by atoms with E-state index in [4.69, 9.17) is 10.2 Å². The second-order valence-electron chi connectivity index (χ2n) is 2.70. The monoisotopic (exact) mass is 256 g/mol. The highest BCUT2D eigenvalue weighted by Crippen LogP contribution is 2.13. The minimum absolute atomic E-state index is 0.00983. The number of hydrogen-bond acceptors (Lipinski definition) is 2. The molecule has 1 rings (SSSR count). The van der Waals surface area contributed by atoms with Crippen LogP contribution in [0, 0.1) is 0 Å². The van der Waals surface area contributed by atoms with Crippen LogP contribution < -0.4 is 0 Å². The molecule has 0 aliphatic rings. The number of benzene rings is 1. The first-order valence-corrected chi connectivity index (χ1v) is 4.73. The van der Waals surface area contributed by atoms with Gasteiger partial charge in [0.25, 0.3) is 0 Å². The molecule has 1 aromatic carbocycles. The quantitative estimate of drug-likeness (QED) is 0.814. The van der Waals surface area contributed by atoms with Gasteiger partial charge in [-0.1, -0.05) is 24.3 Å². The van der Waals surface area contributed by atoms with Gasteiger partial charge in [-0.25, -0.2) is 4.79 Å². The summed E-state index contributed by atoms with van der Waals surface area (Å²) in [5.74, 6) is -1.00. The number of rotatable bonds is 3. The third-order valence-electron chi connectivity index (χ3n) is 1.66. The molecule has 0 amide bonds. The van der Waals surface area contributed by atoms with Gasteiger partial charge in [0.05, 0.1) is 6.61 Å². The number of aliphatic carboxylic acids is 1. The lowest BCUT2D eigenvalue weighted by Crippen LogP contribution is -1.92. The Labute approximate surface area is 89.8 Å². The lowest BCUT2D eigenvalue weighted by molar-refractivity contribution is -0.131. The Hall–Kier alpha value is -1.13. The minimum Gasteiger partial charge on any atom is -0.477 e. The molecule has 0 unspecified atom stereocenters. The molecule has 4 heteroatoms. The number of halogens is 1. The Kier molecular flexibility index (Phi) is 3.85. The maximum atomic E-state index is 10.5. The molecule has 0 atom stereocenters. The van der Waals surface area contributed by atoms with Gasteiger partial charge >= 0.3 is 5.97 Å². The topological polar surface area (TPSA) is 57.5 Å². The molecule has 3 nitrogen and oxygen atoms in total. The number of hydrogen-bond donors (Lipinski definition) is 2. The summed E-state index contributed by atoms with van der Waals surface area (Å²) in [5, 5.41) is 17.4. The number of carbonyl (C=O) groups is 1. The van der Waals surface area contributed by atoms with E-state index in [9.17, 15) is 4.79 Å².